The van der Waals surface area contributed by atoms with Crippen LogP contribution >= 0.6 is 11.6 Å². The molecule has 6 heteroatoms. The molecule has 0 aliphatic heterocycles. The normalized spacial score (nSPS) is 11.1. The van der Waals surface area contributed by atoms with Gasteiger partial charge in [-0.05, 0) is 73.5 Å². The molecule has 0 aromatic heterocycles. The van der Waals surface area contributed by atoms with E-state index in [9.17, 15) is 10.1 Å². The molecule has 0 radical (unpaired) electrons. The minimum atomic E-state index is -0.525. The second kappa shape index (κ2) is 10.0. The second-order valence-corrected chi connectivity index (χ2v) is 7.22. The lowest BCUT2D eigenvalue weighted by atomic mass is 10.0. The average molecular weight is 435 g/mol. The van der Waals surface area contributed by atoms with Crippen LogP contribution in [0.2, 0.25) is 5.02 Å². The van der Waals surface area contributed by atoms with Gasteiger partial charge in [-0.2, -0.15) is 5.26 Å². The lowest BCUT2D eigenvalue weighted by Crippen LogP contribution is -2.13. The van der Waals surface area contributed by atoms with Crippen LogP contribution in [-0.2, 0) is 4.79 Å². The highest BCUT2D eigenvalue weighted by Crippen LogP contribution is 2.33. The molecule has 0 atom stereocenters. The first-order valence-electron chi connectivity index (χ1n) is 9.98. The first kappa shape index (κ1) is 22.2. The Kier molecular flexibility index (Phi) is 7.17. The number of rotatable bonds is 7. The number of amides is 1. The molecule has 0 saturated carbocycles. The van der Waals surface area contributed by atoms with Crippen molar-refractivity contribution in [2.24, 2.45) is 0 Å². The van der Waals surface area contributed by atoms with Gasteiger partial charge in [0.1, 0.15) is 23.1 Å². The monoisotopic (exact) mass is 434 g/mol. The number of anilines is 1. The van der Waals surface area contributed by atoms with Crippen LogP contribution in [0.5, 0.6) is 11.5 Å². The minimum absolute atomic E-state index is 0.0491. The molecule has 1 N–H and O–H groups in total. The molecule has 0 saturated heterocycles. The van der Waals surface area contributed by atoms with E-state index >= 15 is 0 Å². The van der Waals surface area contributed by atoms with Gasteiger partial charge in [-0.1, -0.05) is 29.8 Å². The Morgan fingerprint density at radius 3 is 2.52 bits per heavy atom. The first-order valence-corrected chi connectivity index (χ1v) is 10.4. The summed E-state index contributed by atoms with van der Waals surface area (Å²) < 4.78 is 11.4. The maximum atomic E-state index is 12.8. The quantitative estimate of drug-likeness (QED) is 0.358. The Morgan fingerprint density at radius 2 is 1.84 bits per heavy atom. The predicted molar refractivity (Wildman–Crippen MR) is 125 cm³/mol. The summed E-state index contributed by atoms with van der Waals surface area (Å²) in [5.41, 5.74) is 2.02. The van der Waals surface area contributed by atoms with Crippen LogP contribution in [0.1, 0.15) is 25.0 Å². The highest BCUT2D eigenvalue weighted by atomic mass is 35.5. The zero-order chi connectivity index (χ0) is 22.4. The van der Waals surface area contributed by atoms with Crippen molar-refractivity contribution in [3.63, 3.8) is 0 Å². The molecular weight excluding hydrogens is 412 g/mol. The summed E-state index contributed by atoms with van der Waals surface area (Å²) >= 11 is 6.14. The number of halogens is 1. The number of fused-ring (bicyclic) bond motifs is 1. The summed E-state index contributed by atoms with van der Waals surface area (Å²) in [4.78, 5) is 12.8. The SMILES string of the molecule is CCOc1ccc2ccc(OCC)c(/C=C(\C#N)C(=O)Nc3ccc(C)c(Cl)c3)c2c1. The summed E-state index contributed by atoms with van der Waals surface area (Å²) in [6, 6.07) is 16.7. The Balaban J connectivity index is 2.06. The maximum Gasteiger partial charge on any atom is 0.266 e. The summed E-state index contributed by atoms with van der Waals surface area (Å²) in [6.07, 6.45) is 1.55. The summed E-state index contributed by atoms with van der Waals surface area (Å²) in [5.74, 6) is 0.765. The number of benzene rings is 3. The van der Waals surface area contributed by atoms with E-state index in [0.717, 1.165) is 16.3 Å². The Labute approximate surface area is 186 Å². The van der Waals surface area contributed by atoms with Crippen LogP contribution in [0.15, 0.2) is 54.1 Å². The molecule has 158 valence electrons. The third kappa shape index (κ3) is 5.17. The van der Waals surface area contributed by atoms with Gasteiger partial charge in [0.05, 0.1) is 13.2 Å². The molecule has 0 aliphatic rings. The molecule has 3 aromatic carbocycles. The van der Waals surface area contributed by atoms with Crippen LogP contribution in [0.3, 0.4) is 0 Å². The number of nitrogens with zero attached hydrogens (tertiary/aromatic N) is 1. The van der Waals surface area contributed by atoms with E-state index < -0.39 is 5.91 Å². The standard InChI is InChI=1S/C25H23ClN2O3/c1-4-30-20-10-7-17-8-11-24(31-5-2)22(21(17)14-20)12-18(15-27)25(29)28-19-9-6-16(3)23(26)13-19/h6-14H,4-5H2,1-3H3,(H,28,29)/b18-12+. The van der Waals surface area contributed by atoms with Crippen molar-refractivity contribution < 1.29 is 14.3 Å². The third-order valence-corrected chi connectivity index (χ3v) is 5.10. The molecule has 3 rings (SSSR count). The Morgan fingerprint density at radius 1 is 1.10 bits per heavy atom. The molecule has 0 heterocycles. The fourth-order valence-electron chi connectivity index (χ4n) is 3.15. The number of carbonyl (C=O) groups is 1. The summed E-state index contributed by atoms with van der Waals surface area (Å²) in [5, 5.41) is 14.7. The summed E-state index contributed by atoms with van der Waals surface area (Å²) in [6.45, 7) is 6.66. The van der Waals surface area contributed by atoms with Crippen molar-refractivity contribution in [3.05, 3.63) is 70.3 Å². The van der Waals surface area contributed by atoms with Gasteiger partial charge in [-0.3, -0.25) is 4.79 Å². The number of nitriles is 1. The number of hydrogen-bond donors (Lipinski definition) is 1. The number of ether oxygens (including phenoxy) is 2. The van der Waals surface area contributed by atoms with Gasteiger partial charge in [0.15, 0.2) is 0 Å². The Bertz CT molecular complexity index is 1190. The third-order valence-electron chi connectivity index (χ3n) is 4.69. The molecule has 0 fully saturated rings. The molecule has 0 aliphatic carbocycles. The molecule has 3 aromatic rings. The second-order valence-electron chi connectivity index (χ2n) is 6.81. The van der Waals surface area contributed by atoms with E-state index in [1.165, 1.54) is 0 Å². The number of aryl methyl sites for hydroxylation is 1. The molecule has 31 heavy (non-hydrogen) atoms. The first-order chi connectivity index (χ1) is 15.0. The molecule has 1 amide bonds. The Hall–Kier alpha value is -3.49. The van der Waals surface area contributed by atoms with Crippen LogP contribution in [0.4, 0.5) is 5.69 Å². The van der Waals surface area contributed by atoms with Crippen LogP contribution in [0.25, 0.3) is 16.8 Å². The molecule has 5 nitrogen and oxygen atoms in total. The van der Waals surface area contributed by atoms with E-state index in [1.54, 1.807) is 24.3 Å². The van der Waals surface area contributed by atoms with Crippen molar-refractivity contribution in [3.8, 4) is 17.6 Å². The van der Waals surface area contributed by atoms with Gasteiger partial charge in [0.25, 0.3) is 5.91 Å². The molecular formula is C25H23ClN2O3. The van der Waals surface area contributed by atoms with Gasteiger partial charge >= 0.3 is 0 Å². The average Bonchev–Trinajstić information content (AvgIpc) is 2.76. The van der Waals surface area contributed by atoms with Crippen molar-refractivity contribution in [1.82, 2.24) is 0 Å². The fraction of sp³-hybridized carbons (Fsp3) is 0.200. The highest BCUT2D eigenvalue weighted by Gasteiger charge is 2.15. The largest absolute Gasteiger partial charge is 0.494 e. The van der Waals surface area contributed by atoms with Gasteiger partial charge in [-0.25, -0.2) is 0 Å². The molecule has 0 bridgehead atoms. The maximum absolute atomic E-state index is 12.8. The zero-order valence-electron chi connectivity index (χ0n) is 17.7. The van der Waals surface area contributed by atoms with Crippen LogP contribution in [0, 0.1) is 18.3 Å². The van der Waals surface area contributed by atoms with Crippen LogP contribution in [-0.4, -0.2) is 19.1 Å². The van der Waals surface area contributed by atoms with Gasteiger partial charge in [0, 0.05) is 16.3 Å². The predicted octanol–water partition coefficient (Wildman–Crippen LogP) is 6.14. The van der Waals surface area contributed by atoms with E-state index in [-0.39, 0.29) is 5.57 Å². The van der Waals surface area contributed by atoms with Crippen molar-refractivity contribution in [2.75, 3.05) is 18.5 Å². The minimum Gasteiger partial charge on any atom is -0.494 e. The fourth-order valence-corrected chi connectivity index (χ4v) is 3.33. The van der Waals surface area contributed by atoms with Crippen molar-refractivity contribution in [2.45, 2.75) is 20.8 Å². The highest BCUT2D eigenvalue weighted by molar-refractivity contribution is 6.31. The smallest absolute Gasteiger partial charge is 0.266 e. The van der Waals surface area contributed by atoms with E-state index in [0.29, 0.717) is 41.0 Å². The summed E-state index contributed by atoms with van der Waals surface area (Å²) in [7, 11) is 0. The van der Waals surface area contributed by atoms with Crippen molar-refractivity contribution in [1.29, 1.82) is 5.26 Å². The number of hydrogen-bond acceptors (Lipinski definition) is 4. The molecule has 0 unspecified atom stereocenters. The van der Waals surface area contributed by atoms with Crippen LogP contribution < -0.4 is 14.8 Å². The van der Waals surface area contributed by atoms with Gasteiger partial charge < -0.3 is 14.8 Å². The van der Waals surface area contributed by atoms with E-state index in [1.807, 2.05) is 57.2 Å². The van der Waals surface area contributed by atoms with Gasteiger partial charge in [-0.15, -0.1) is 0 Å². The number of carbonyl (C=O) groups excluding carboxylic acids is 1. The number of nitrogens with one attached hydrogen (secondary N) is 1. The van der Waals surface area contributed by atoms with E-state index in [2.05, 4.69) is 5.32 Å². The topological polar surface area (TPSA) is 71.3 Å². The zero-order valence-corrected chi connectivity index (χ0v) is 18.4. The lowest BCUT2D eigenvalue weighted by Gasteiger charge is -2.13. The van der Waals surface area contributed by atoms with E-state index in [4.69, 9.17) is 21.1 Å². The van der Waals surface area contributed by atoms with Gasteiger partial charge in [0.2, 0.25) is 0 Å². The lowest BCUT2D eigenvalue weighted by molar-refractivity contribution is -0.112. The van der Waals surface area contributed by atoms with Crippen molar-refractivity contribution >= 4 is 40.0 Å². The molecule has 0 spiro atoms.